The number of hydrogen-bond donors (Lipinski definition) is 3. The molecule has 4 rings (SSSR count). The first-order valence-corrected chi connectivity index (χ1v) is 11.5. The van der Waals surface area contributed by atoms with Gasteiger partial charge < -0.3 is 15.5 Å². The smallest absolute Gasteiger partial charge is 0.325 e. The lowest BCUT2D eigenvalue weighted by molar-refractivity contribution is 0.179. The van der Waals surface area contributed by atoms with E-state index in [0.29, 0.717) is 30.2 Å². The molecule has 3 aromatic rings. The van der Waals surface area contributed by atoms with E-state index >= 15 is 0 Å². The summed E-state index contributed by atoms with van der Waals surface area (Å²) < 4.78 is 15.3. The van der Waals surface area contributed by atoms with Crippen LogP contribution >= 0.6 is 0 Å². The number of nitrogens with zero attached hydrogens (tertiary/aromatic N) is 4. The molecule has 0 saturated carbocycles. The Labute approximate surface area is 204 Å². The second kappa shape index (κ2) is 10.4. The van der Waals surface area contributed by atoms with Gasteiger partial charge in [0.2, 0.25) is 0 Å². The second-order valence-corrected chi connectivity index (χ2v) is 8.95. The fourth-order valence-corrected chi connectivity index (χ4v) is 3.86. The van der Waals surface area contributed by atoms with Crippen LogP contribution in [0.2, 0.25) is 0 Å². The Balaban J connectivity index is 1.61. The van der Waals surface area contributed by atoms with Gasteiger partial charge in [-0.3, -0.25) is 10.3 Å². The number of aromatic nitrogens is 2. The number of carbonyl (C=O) groups is 1. The lowest BCUT2D eigenvalue weighted by Crippen LogP contribution is -2.53. The zero-order valence-electron chi connectivity index (χ0n) is 20.1. The fraction of sp³-hybridized carbons (Fsp3) is 0.269. The number of anilines is 1. The van der Waals surface area contributed by atoms with Gasteiger partial charge in [-0.05, 0) is 53.9 Å². The molecule has 2 amide bonds. The molecule has 2 aromatic carbocycles. The minimum atomic E-state index is -0.325. The first kappa shape index (κ1) is 24.0. The number of benzene rings is 2. The van der Waals surface area contributed by atoms with Crippen molar-refractivity contribution in [2.24, 2.45) is 5.92 Å². The number of amidine groups is 1. The zero-order valence-corrected chi connectivity index (χ0v) is 20.1. The Morgan fingerprint density at radius 2 is 1.86 bits per heavy atom. The third-order valence-electron chi connectivity index (χ3n) is 5.65. The van der Waals surface area contributed by atoms with Gasteiger partial charge in [0.1, 0.15) is 17.5 Å². The summed E-state index contributed by atoms with van der Waals surface area (Å²) in [6.45, 7) is 5.25. The lowest BCUT2D eigenvalue weighted by atomic mass is 10.1. The number of rotatable bonds is 8. The molecule has 2 heterocycles. The predicted molar refractivity (Wildman–Crippen MR) is 135 cm³/mol. The molecule has 1 aromatic heterocycles. The van der Waals surface area contributed by atoms with E-state index in [1.54, 1.807) is 35.0 Å². The molecule has 35 heavy (non-hydrogen) atoms. The van der Waals surface area contributed by atoms with E-state index in [0.717, 1.165) is 11.3 Å². The number of hydrogen-bond acceptors (Lipinski definition) is 5. The van der Waals surface area contributed by atoms with Crippen LogP contribution in [0.4, 0.5) is 14.9 Å². The summed E-state index contributed by atoms with van der Waals surface area (Å²) in [5.41, 5.74) is 3.33. The minimum absolute atomic E-state index is 0.160. The minimum Gasteiger partial charge on any atom is -0.367 e. The van der Waals surface area contributed by atoms with E-state index < -0.39 is 0 Å². The molecule has 0 unspecified atom stereocenters. The van der Waals surface area contributed by atoms with Crippen molar-refractivity contribution in [1.29, 1.82) is 5.41 Å². The normalized spacial score (nSPS) is 15.6. The molecule has 0 spiro atoms. The molecule has 0 aliphatic carbocycles. The van der Waals surface area contributed by atoms with Gasteiger partial charge in [-0.15, -0.1) is 0 Å². The van der Waals surface area contributed by atoms with Crippen LogP contribution in [0.25, 0.3) is 5.69 Å². The van der Waals surface area contributed by atoms with Crippen molar-refractivity contribution in [3.8, 4) is 5.69 Å². The van der Waals surface area contributed by atoms with Gasteiger partial charge in [-0.2, -0.15) is 5.10 Å². The van der Waals surface area contributed by atoms with Crippen LogP contribution in [0.1, 0.15) is 19.4 Å². The van der Waals surface area contributed by atoms with Gasteiger partial charge in [0.15, 0.2) is 0 Å². The molecule has 1 aliphatic rings. The van der Waals surface area contributed by atoms with Gasteiger partial charge in [-0.25, -0.2) is 13.9 Å². The van der Waals surface area contributed by atoms with E-state index in [4.69, 9.17) is 5.41 Å². The quantitative estimate of drug-likeness (QED) is 0.450. The zero-order chi connectivity index (χ0) is 24.9. The number of likely N-dealkylation sites (N-methyl/N-ethyl adjacent to an activating group) is 1. The summed E-state index contributed by atoms with van der Waals surface area (Å²) in [6.07, 6.45) is 3.62. The average Bonchev–Trinajstić information content (AvgIpc) is 3.38. The van der Waals surface area contributed by atoms with Crippen LogP contribution < -0.4 is 10.6 Å². The van der Waals surface area contributed by atoms with Crippen molar-refractivity contribution < 1.29 is 9.18 Å². The van der Waals surface area contributed by atoms with Crippen molar-refractivity contribution in [2.45, 2.75) is 20.4 Å². The van der Waals surface area contributed by atoms with Crippen molar-refractivity contribution >= 4 is 17.6 Å². The summed E-state index contributed by atoms with van der Waals surface area (Å²) in [5, 5.41) is 19.8. The van der Waals surface area contributed by atoms with Crippen LogP contribution in [-0.2, 0) is 6.54 Å². The molecule has 9 heteroatoms. The van der Waals surface area contributed by atoms with Gasteiger partial charge in [0.05, 0.1) is 17.8 Å². The number of carbonyl (C=O) groups excluding carboxylic acids is 1. The summed E-state index contributed by atoms with van der Waals surface area (Å²) in [7, 11) is 1.73. The van der Waals surface area contributed by atoms with E-state index in [1.165, 1.54) is 17.0 Å². The van der Waals surface area contributed by atoms with E-state index in [2.05, 4.69) is 15.7 Å². The Morgan fingerprint density at radius 3 is 2.49 bits per heavy atom. The van der Waals surface area contributed by atoms with Gasteiger partial charge in [0.25, 0.3) is 0 Å². The molecule has 1 saturated heterocycles. The van der Waals surface area contributed by atoms with Crippen molar-refractivity contribution in [1.82, 2.24) is 24.9 Å². The highest BCUT2D eigenvalue weighted by molar-refractivity contribution is 6.09. The number of amides is 2. The summed E-state index contributed by atoms with van der Waals surface area (Å²) in [5.74, 6) is 0.648. The van der Waals surface area contributed by atoms with Crippen molar-refractivity contribution in [3.63, 3.8) is 0 Å². The molecule has 3 N–H and O–H groups in total. The maximum Gasteiger partial charge on any atom is 0.325 e. The molecule has 0 atom stereocenters. The highest BCUT2D eigenvalue weighted by atomic mass is 19.1. The number of urea groups is 1. The molecule has 1 fully saturated rings. The van der Waals surface area contributed by atoms with Crippen LogP contribution in [0.15, 0.2) is 78.4 Å². The molecule has 0 bridgehead atoms. The highest BCUT2D eigenvalue weighted by Crippen LogP contribution is 2.21. The summed E-state index contributed by atoms with van der Waals surface area (Å²) in [4.78, 5) is 15.8. The molecule has 8 nitrogen and oxygen atoms in total. The topological polar surface area (TPSA) is 89.3 Å². The lowest BCUT2D eigenvalue weighted by Gasteiger charge is -2.37. The Hall–Kier alpha value is -4.14. The highest BCUT2D eigenvalue weighted by Gasteiger charge is 2.33. The Bertz CT molecular complexity index is 1200. The molecular weight excluding hydrogens is 445 g/mol. The van der Waals surface area contributed by atoms with Crippen LogP contribution in [0.5, 0.6) is 0 Å². The van der Waals surface area contributed by atoms with Crippen LogP contribution in [0, 0.1) is 17.1 Å². The third kappa shape index (κ3) is 5.68. The van der Waals surface area contributed by atoms with Crippen molar-refractivity contribution in [3.05, 3.63) is 89.8 Å². The standard InChI is InChI=1S/C26H30FN7O/c1-18(2)16-33-24(28)23(17-32(3)26(33)35)25(31-21-9-7-20(27)8-10-21)29-15-19-5-11-22(12-6-19)34-14-4-13-30-34/h4-14,18,28-29,31H,15-17H2,1-3H3/b25-23+,28-24?. The first-order valence-electron chi connectivity index (χ1n) is 11.5. The van der Waals surface area contributed by atoms with Crippen LogP contribution in [-0.4, -0.2) is 51.6 Å². The molecule has 1 aliphatic heterocycles. The number of nitrogens with one attached hydrogen (secondary N) is 3. The van der Waals surface area contributed by atoms with Crippen LogP contribution in [0.3, 0.4) is 0 Å². The monoisotopic (exact) mass is 475 g/mol. The first-order chi connectivity index (χ1) is 16.8. The van der Waals surface area contributed by atoms with Gasteiger partial charge in [-0.1, -0.05) is 26.0 Å². The summed E-state index contributed by atoms with van der Waals surface area (Å²) >= 11 is 0. The maximum atomic E-state index is 13.5. The largest absolute Gasteiger partial charge is 0.367 e. The predicted octanol–water partition coefficient (Wildman–Crippen LogP) is 4.43. The average molecular weight is 476 g/mol. The van der Waals surface area contributed by atoms with Gasteiger partial charge >= 0.3 is 6.03 Å². The Morgan fingerprint density at radius 1 is 1.14 bits per heavy atom. The van der Waals surface area contributed by atoms with E-state index in [1.807, 2.05) is 50.4 Å². The molecular formula is C26H30FN7O. The number of halogens is 1. The van der Waals surface area contributed by atoms with E-state index in [9.17, 15) is 9.18 Å². The molecule has 0 radical (unpaired) electrons. The molecule has 182 valence electrons. The SMILES string of the molecule is CC(C)CN1C(=N)/C(=C(\NCc2ccc(-n3cccn3)cc2)Nc2ccc(F)cc2)CN(C)C1=O. The second-order valence-electron chi connectivity index (χ2n) is 8.95. The van der Waals surface area contributed by atoms with Crippen molar-refractivity contribution in [2.75, 3.05) is 25.5 Å². The van der Waals surface area contributed by atoms with E-state index in [-0.39, 0.29) is 30.1 Å². The summed E-state index contributed by atoms with van der Waals surface area (Å²) in [6, 6.07) is 15.7. The fourth-order valence-electron chi connectivity index (χ4n) is 3.86. The maximum absolute atomic E-state index is 13.5. The Kier molecular flexibility index (Phi) is 7.14. The van der Waals surface area contributed by atoms with Gasteiger partial charge in [0, 0.05) is 38.2 Å². The third-order valence-corrected chi connectivity index (χ3v) is 5.65.